The van der Waals surface area contributed by atoms with Crippen LogP contribution in [0.3, 0.4) is 0 Å². The minimum atomic E-state index is -0.248. The molecule has 1 aromatic heterocycles. The molecule has 0 saturated heterocycles. The van der Waals surface area contributed by atoms with E-state index in [1.807, 2.05) is 6.07 Å². The summed E-state index contributed by atoms with van der Waals surface area (Å²) in [5.74, 6) is -0.466. The van der Waals surface area contributed by atoms with Crippen LogP contribution >= 0.6 is 11.6 Å². The molecule has 3 aromatic rings. The van der Waals surface area contributed by atoms with E-state index in [0.29, 0.717) is 22.0 Å². The van der Waals surface area contributed by atoms with E-state index in [9.17, 15) is 9.59 Å². The van der Waals surface area contributed by atoms with Gasteiger partial charge in [-0.05, 0) is 30.3 Å². The molecule has 2 aromatic carbocycles. The molecule has 7 nitrogen and oxygen atoms in total. The van der Waals surface area contributed by atoms with E-state index in [4.69, 9.17) is 11.6 Å². The standard InChI is InChI=1S/C18H16ClN5O2/c19-14-6-7-16(24-12-20-11-22-24)15(10-14)23-17(25)8-9-21-18(26)13-4-2-1-3-5-13/h1-7,10-12H,8-9H2,(H,21,26)(H,23,25). The third-order valence-electron chi connectivity index (χ3n) is 3.57. The van der Waals surface area contributed by atoms with Crippen LogP contribution in [0.1, 0.15) is 16.8 Å². The minimum absolute atomic E-state index is 0.127. The zero-order valence-electron chi connectivity index (χ0n) is 13.7. The van der Waals surface area contributed by atoms with Crippen molar-refractivity contribution in [3.63, 3.8) is 0 Å². The molecule has 26 heavy (non-hydrogen) atoms. The first-order valence-electron chi connectivity index (χ1n) is 7.91. The summed E-state index contributed by atoms with van der Waals surface area (Å²) < 4.78 is 1.53. The lowest BCUT2D eigenvalue weighted by atomic mass is 10.2. The van der Waals surface area contributed by atoms with Gasteiger partial charge in [-0.25, -0.2) is 9.67 Å². The molecule has 0 radical (unpaired) electrons. The highest BCUT2D eigenvalue weighted by atomic mass is 35.5. The molecule has 0 aliphatic rings. The third kappa shape index (κ3) is 4.46. The summed E-state index contributed by atoms with van der Waals surface area (Å²) in [7, 11) is 0. The summed E-state index contributed by atoms with van der Waals surface area (Å²) in [6.07, 6.45) is 3.06. The number of anilines is 1. The molecule has 2 N–H and O–H groups in total. The lowest BCUT2D eigenvalue weighted by Gasteiger charge is -2.11. The molecule has 0 fully saturated rings. The van der Waals surface area contributed by atoms with Crippen LogP contribution in [-0.4, -0.2) is 33.1 Å². The molecular formula is C18H16ClN5O2. The molecule has 0 saturated carbocycles. The lowest BCUT2D eigenvalue weighted by Crippen LogP contribution is -2.27. The van der Waals surface area contributed by atoms with Crippen molar-refractivity contribution in [3.8, 4) is 5.69 Å². The van der Waals surface area contributed by atoms with Crippen molar-refractivity contribution in [2.75, 3.05) is 11.9 Å². The van der Waals surface area contributed by atoms with Gasteiger partial charge in [0, 0.05) is 23.6 Å². The number of nitrogens with zero attached hydrogens (tertiary/aromatic N) is 3. The zero-order valence-corrected chi connectivity index (χ0v) is 14.5. The minimum Gasteiger partial charge on any atom is -0.352 e. The van der Waals surface area contributed by atoms with E-state index in [1.54, 1.807) is 42.5 Å². The first-order chi connectivity index (χ1) is 12.6. The molecule has 3 rings (SSSR count). The number of amides is 2. The van der Waals surface area contributed by atoms with Gasteiger partial charge in [0.15, 0.2) is 0 Å². The van der Waals surface area contributed by atoms with E-state index in [-0.39, 0.29) is 24.8 Å². The van der Waals surface area contributed by atoms with Crippen molar-refractivity contribution in [2.45, 2.75) is 6.42 Å². The summed E-state index contributed by atoms with van der Waals surface area (Å²) >= 11 is 6.02. The molecule has 0 spiro atoms. The summed E-state index contributed by atoms with van der Waals surface area (Å²) in [5, 5.41) is 10.1. The van der Waals surface area contributed by atoms with Crippen molar-refractivity contribution < 1.29 is 9.59 Å². The smallest absolute Gasteiger partial charge is 0.251 e. The van der Waals surface area contributed by atoms with Crippen LogP contribution in [0, 0.1) is 0 Å². The van der Waals surface area contributed by atoms with E-state index < -0.39 is 0 Å². The van der Waals surface area contributed by atoms with Gasteiger partial charge in [0.2, 0.25) is 5.91 Å². The van der Waals surface area contributed by atoms with E-state index in [2.05, 4.69) is 20.7 Å². The largest absolute Gasteiger partial charge is 0.352 e. The SMILES string of the molecule is O=C(CCNC(=O)c1ccccc1)Nc1cc(Cl)ccc1-n1cncn1. The maximum absolute atomic E-state index is 12.2. The van der Waals surface area contributed by atoms with Gasteiger partial charge in [-0.1, -0.05) is 29.8 Å². The summed E-state index contributed by atoms with van der Waals surface area (Å²) in [5.41, 5.74) is 1.71. The van der Waals surface area contributed by atoms with Gasteiger partial charge in [-0.15, -0.1) is 0 Å². The van der Waals surface area contributed by atoms with Gasteiger partial charge >= 0.3 is 0 Å². The second-order valence-electron chi connectivity index (χ2n) is 5.42. The molecule has 8 heteroatoms. The fourth-order valence-corrected chi connectivity index (χ4v) is 2.51. The first kappa shape index (κ1) is 17.6. The van der Waals surface area contributed by atoms with Crippen LogP contribution in [0.2, 0.25) is 5.02 Å². The number of carbonyl (C=O) groups is 2. The zero-order chi connectivity index (χ0) is 18.4. The van der Waals surface area contributed by atoms with E-state index in [0.717, 1.165) is 0 Å². The van der Waals surface area contributed by atoms with Crippen molar-refractivity contribution in [3.05, 3.63) is 71.8 Å². The highest BCUT2D eigenvalue weighted by Gasteiger charge is 2.11. The first-order valence-corrected chi connectivity index (χ1v) is 8.29. The predicted octanol–water partition coefficient (Wildman–Crippen LogP) is 2.68. The quantitative estimate of drug-likeness (QED) is 0.699. The molecule has 0 unspecified atom stereocenters. The Kier molecular flexibility index (Phi) is 5.60. The second kappa shape index (κ2) is 8.26. The number of nitrogens with one attached hydrogen (secondary N) is 2. The maximum Gasteiger partial charge on any atom is 0.251 e. The van der Waals surface area contributed by atoms with Gasteiger partial charge in [0.25, 0.3) is 5.91 Å². The summed E-state index contributed by atoms with van der Waals surface area (Å²) in [4.78, 5) is 28.1. The van der Waals surface area contributed by atoms with Crippen LogP contribution in [-0.2, 0) is 4.79 Å². The normalized spacial score (nSPS) is 10.3. The Morgan fingerprint density at radius 3 is 2.65 bits per heavy atom. The predicted molar refractivity (Wildman–Crippen MR) is 98.4 cm³/mol. The van der Waals surface area contributed by atoms with Crippen LogP contribution < -0.4 is 10.6 Å². The van der Waals surface area contributed by atoms with Crippen molar-refractivity contribution in [1.82, 2.24) is 20.1 Å². The molecule has 1 heterocycles. The molecule has 0 bridgehead atoms. The molecule has 2 amide bonds. The average molecular weight is 370 g/mol. The molecule has 0 atom stereocenters. The van der Waals surface area contributed by atoms with E-state index in [1.165, 1.54) is 17.3 Å². The fraction of sp³-hybridized carbons (Fsp3) is 0.111. The highest BCUT2D eigenvalue weighted by molar-refractivity contribution is 6.31. The van der Waals surface area contributed by atoms with Gasteiger partial charge in [0.05, 0.1) is 11.4 Å². The molecule has 0 aliphatic carbocycles. The Hall–Kier alpha value is -3.19. The summed E-state index contributed by atoms with van der Waals surface area (Å²) in [6.45, 7) is 0.221. The highest BCUT2D eigenvalue weighted by Crippen LogP contribution is 2.24. The topological polar surface area (TPSA) is 88.9 Å². The number of carbonyl (C=O) groups excluding carboxylic acids is 2. The van der Waals surface area contributed by atoms with E-state index >= 15 is 0 Å². The number of aromatic nitrogens is 3. The van der Waals surface area contributed by atoms with Gasteiger partial charge in [-0.3, -0.25) is 9.59 Å². The van der Waals surface area contributed by atoms with Crippen molar-refractivity contribution >= 4 is 29.1 Å². The molecule has 0 aliphatic heterocycles. The third-order valence-corrected chi connectivity index (χ3v) is 3.81. The fourth-order valence-electron chi connectivity index (χ4n) is 2.33. The lowest BCUT2D eigenvalue weighted by molar-refractivity contribution is -0.116. The summed E-state index contributed by atoms with van der Waals surface area (Å²) in [6, 6.07) is 13.9. The maximum atomic E-state index is 12.2. The van der Waals surface area contributed by atoms with Crippen molar-refractivity contribution in [1.29, 1.82) is 0 Å². The van der Waals surface area contributed by atoms with Gasteiger partial charge < -0.3 is 10.6 Å². The second-order valence-corrected chi connectivity index (χ2v) is 5.86. The Balaban J connectivity index is 1.59. The van der Waals surface area contributed by atoms with Crippen molar-refractivity contribution in [2.24, 2.45) is 0 Å². The number of hydrogen-bond acceptors (Lipinski definition) is 4. The van der Waals surface area contributed by atoms with Crippen LogP contribution in [0.25, 0.3) is 5.69 Å². The average Bonchev–Trinajstić information content (AvgIpc) is 3.17. The van der Waals surface area contributed by atoms with Crippen LogP contribution in [0.4, 0.5) is 5.69 Å². The van der Waals surface area contributed by atoms with Gasteiger partial charge in [0.1, 0.15) is 12.7 Å². The molecule has 132 valence electrons. The van der Waals surface area contributed by atoms with Gasteiger partial charge in [-0.2, -0.15) is 5.10 Å². The Labute approximate surface area is 155 Å². The Morgan fingerprint density at radius 2 is 1.92 bits per heavy atom. The Bertz CT molecular complexity index is 897. The Morgan fingerprint density at radius 1 is 1.12 bits per heavy atom. The van der Waals surface area contributed by atoms with Crippen LogP contribution in [0.15, 0.2) is 61.2 Å². The van der Waals surface area contributed by atoms with Crippen LogP contribution in [0.5, 0.6) is 0 Å². The number of hydrogen-bond donors (Lipinski definition) is 2. The number of halogens is 1. The number of rotatable bonds is 6. The molecular weight excluding hydrogens is 354 g/mol. The number of benzene rings is 2. The monoisotopic (exact) mass is 369 g/mol.